The van der Waals surface area contributed by atoms with Crippen molar-refractivity contribution < 1.29 is 8.42 Å². The largest absolute Gasteiger partial charge is 0.268 e. The summed E-state index contributed by atoms with van der Waals surface area (Å²) in [5, 5.41) is 0.789. The highest BCUT2D eigenvalue weighted by Crippen LogP contribution is 2.21. The first-order valence-corrected chi connectivity index (χ1v) is 6.92. The molecule has 3 aromatic rings. The SMILES string of the molecule is O=S(=O)(c1ccccc1)n1c[c]c2ccccc21. The fourth-order valence-corrected chi connectivity index (χ4v) is 3.23. The van der Waals surface area contributed by atoms with Crippen molar-refractivity contribution >= 4 is 20.9 Å². The van der Waals surface area contributed by atoms with E-state index in [0.717, 1.165) is 5.39 Å². The quantitative estimate of drug-likeness (QED) is 0.707. The standard InChI is InChI=1S/C14H10NO2S/c16-18(17,13-7-2-1-3-8-13)15-11-10-12-6-4-5-9-14(12)15/h1-9,11H. The van der Waals surface area contributed by atoms with Crippen LogP contribution in [0.25, 0.3) is 10.9 Å². The number of fused-ring (bicyclic) bond motifs is 1. The van der Waals surface area contributed by atoms with Gasteiger partial charge in [-0.3, -0.25) is 0 Å². The maximum absolute atomic E-state index is 12.5. The number of para-hydroxylation sites is 1. The van der Waals surface area contributed by atoms with E-state index in [1.807, 2.05) is 18.2 Å². The number of benzene rings is 2. The summed E-state index contributed by atoms with van der Waals surface area (Å²) in [4.78, 5) is 0.278. The zero-order valence-corrected chi connectivity index (χ0v) is 10.3. The number of hydrogen-bond donors (Lipinski definition) is 0. The van der Waals surface area contributed by atoms with E-state index in [9.17, 15) is 8.42 Å². The molecule has 0 N–H and O–H groups in total. The Balaban J connectivity index is 2.27. The highest BCUT2D eigenvalue weighted by Gasteiger charge is 2.17. The Hall–Kier alpha value is -2.07. The molecule has 0 aliphatic carbocycles. The molecule has 18 heavy (non-hydrogen) atoms. The minimum atomic E-state index is -3.54. The maximum atomic E-state index is 12.5. The van der Waals surface area contributed by atoms with Gasteiger partial charge >= 0.3 is 0 Å². The van der Waals surface area contributed by atoms with Crippen molar-refractivity contribution in [1.29, 1.82) is 0 Å². The van der Waals surface area contributed by atoms with E-state index in [2.05, 4.69) is 6.07 Å². The van der Waals surface area contributed by atoms with Gasteiger partial charge in [0.2, 0.25) is 0 Å². The van der Waals surface area contributed by atoms with Gasteiger partial charge in [-0.25, -0.2) is 12.4 Å². The second kappa shape index (κ2) is 3.99. The Morgan fingerprint density at radius 3 is 2.33 bits per heavy atom. The normalized spacial score (nSPS) is 11.8. The summed E-state index contributed by atoms with van der Waals surface area (Å²) in [7, 11) is -3.54. The van der Waals surface area contributed by atoms with Crippen LogP contribution in [0.5, 0.6) is 0 Å². The second-order valence-electron chi connectivity index (χ2n) is 3.90. The summed E-state index contributed by atoms with van der Waals surface area (Å²) in [6.45, 7) is 0. The van der Waals surface area contributed by atoms with Crippen LogP contribution in [-0.2, 0) is 10.0 Å². The van der Waals surface area contributed by atoms with Crippen molar-refractivity contribution in [2.24, 2.45) is 0 Å². The fraction of sp³-hybridized carbons (Fsp3) is 0. The molecule has 0 spiro atoms. The number of rotatable bonds is 2. The van der Waals surface area contributed by atoms with E-state index in [-0.39, 0.29) is 4.90 Å². The molecule has 1 radical (unpaired) electrons. The minimum Gasteiger partial charge on any atom is -0.241 e. The molecule has 0 amide bonds. The summed E-state index contributed by atoms with van der Waals surface area (Å²) in [5.74, 6) is 0. The van der Waals surface area contributed by atoms with Gasteiger partial charge in [-0.05, 0) is 18.2 Å². The zero-order chi connectivity index (χ0) is 12.6. The lowest BCUT2D eigenvalue weighted by molar-refractivity contribution is 0.589. The topological polar surface area (TPSA) is 39.1 Å². The van der Waals surface area contributed by atoms with Crippen LogP contribution in [0.4, 0.5) is 0 Å². The molecule has 4 heteroatoms. The van der Waals surface area contributed by atoms with E-state index in [4.69, 9.17) is 0 Å². The van der Waals surface area contributed by atoms with Crippen LogP contribution in [0.2, 0.25) is 0 Å². The molecule has 89 valence electrons. The van der Waals surface area contributed by atoms with E-state index in [1.54, 1.807) is 36.4 Å². The van der Waals surface area contributed by atoms with Crippen molar-refractivity contribution in [3.05, 3.63) is 66.9 Å². The molecular weight excluding hydrogens is 246 g/mol. The summed E-state index contributed by atoms with van der Waals surface area (Å²) < 4.78 is 26.2. The van der Waals surface area contributed by atoms with Crippen LogP contribution in [-0.4, -0.2) is 12.4 Å². The van der Waals surface area contributed by atoms with E-state index in [1.165, 1.54) is 10.2 Å². The van der Waals surface area contributed by atoms with Crippen LogP contribution in [0.3, 0.4) is 0 Å². The molecule has 2 aromatic carbocycles. The van der Waals surface area contributed by atoms with Crippen molar-refractivity contribution in [3.8, 4) is 0 Å². The Kier molecular flexibility index (Phi) is 2.45. The first-order valence-electron chi connectivity index (χ1n) is 5.48. The van der Waals surface area contributed by atoms with Crippen molar-refractivity contribution in [3.63, 3.8) is 0 Å². The van der Waals surface area contributed by atoms with Gasteiger partial charge in [0.25, 0.3) is 10.0 Å². The van der Waals surface area contributed by atoms with E-state index < -0.39 is 10.0 Å². The lowest BCUT2D eigenvalue weighted by Crippen LogP contribution is -2.11. The minimum absolute atomic E-state index is 0.278. The van der Waals surface area contributed by atoms with Gasteiger partial charge in [-0.15, -0.1) is 0 Å². The molecule has 0 atom stereocenters. The van der Waals surface area contributed by atoms with Crippen LogP contribution < -0.4 is 0 Å². The second-order valence-corrected chi connectivity index (χ2v) is 5.72. The first-order chi connectivity index (χ1) is 8.69. The lowest BCUT2D eigenvalue weighted by atomic mass is 10.3. The summed E-state index contributed by atoms with van der Waals surface area (Å²) >= 11 is 0. The molecule has 1 aromatic heterocycles. The number of nitrogens with zero attached hydrogens (tertiary/aromatic N) is 1. The molecule has 0 aliphatic heterocycles. The molecule has 0 unspecified atom stereocenters. The average molecular weight is 256 g/mol. The van der Waals surface area contributed by atoms with Gasteiger partial charge in [0.1, 0.15) is 0 Å². The van der Waals surface area contributed by atoms with Gasteiger partial charge in [0.15, 0.2) is 0 Å². The van der Waals surface area contributed by atoms with E-state index >= 15 is 0 Å². The van der Waals surface area contributed by atoms with Gasteiger partial charge in [-0.2, -0.15) is 0 Å². The Morgan fingerprint density at radius 1 is 0.889 bits per heavy atom. The molecule has 3 nitrogen and oxygen atoms in total. The maximum Gasteiger partial charge on any atom is 0.268 e. The summed E-state index contributed by atoms with van der Waals surface area (Å²) in [5.41, 5.74) is 0.640. The molecule has 0 aliphatic rings. The molecule has 3 rings (SSSR count). The molecular formula is C14H10NO2S. The van der Waals surface area contributed by atoms with Crippen LogP contribution in [0.15, 0.2) is 65.7 Å². The highest BCUT2D eigenvalue weighted by atomic mass is 32.2. The fourth-order valence-electron chi connectivity index (χ4n) is 1.89. The van der Waals surface area contributed by atoms with E-state index in [0.29, 0.717) is 5.52 Å². The molecule has 0 saturated heterocycles. The van der Waals surface area contributed by atoms with Crippen molar-refractivity contribution in [2.75, 3.05) is 0 Å². The zero-order valence-electron chi connectivity index (χ0n) is 9.45. The third kappa shape index (κ3) is 1.62. The summed E-state index contributed by atoms with van der Waals surface area (Å²) in [6.07, 6.45) is 1.47. The third-order valence-electron chi connectivity index (χ3n) is 2.78. The van der Waals surface area contributed by atoms with Crippen LogP contribution in [0, 0.1) is 6.07 Å². The molecule has 0 bridgehead atoms. The monoisotopic (exact) mass is 256 g/mol. The van der Waals surface area contributed by atoms with Crippen molar-refractivity contribution in [2.45, 2.75) is 4.90 Å². The van der Waals surface area contributed by atoms with Gasteiger partial charge < -0.3 is 0 Å². The molecule has 0 fully saturated rings. The van der Waals surface area contributed by atoms with Gasteiger partial charge in [-0.1, -0.05) is 36.4 Å². The predicted molar refractivity (Wildman–Crippen MR) is 69.8 cm³/mol. The molecule has 1 heterocycles. The Labute approximate surface area is 105 Å². The Bertz CT molecular complexity index is 789. The average Bonchev–Trinajstić information content (AvgIpc) is 2.84. The highest BCUT2D eigenvalue weighted by molar-refractivity contribution is 7.90. The van der Waals surface area contributed by atoms with Crippen LogP contribution >= 0.6 is 0 Å². The predicted octanol–water partition coefficient (Wildman–Crippen LogP) is 2.68. The Morgan fingerprint density at radius 2 is 1.56 bits per heavy atom. The van der Waals surface area contributed by atoms with Gasteiger partial charge in [0, 0.05) is 17.6 Å². The third-order valence-corrected chi connectivity index (χ3v) is 4.47. The smallest absolute Gasteiger partial charge is 0.241 e. The van der Waals surface area contributed by atoms with Crippen LogP contribution in [0.1, 0.15) is 0 Å². The first kappa shape index (κ1) is 11.0. The lowest BCUT2D eigenvalue weighted by Gasteiger charge is -2.06. The summed E-state index contributed by atoms with van der Waals surface area (Å²) in [6, 6.07) is 18.6. The van der Waals surface area contributed by atoms with Gasteiger partial charge in [0.05, 0.1) is 10.4 Å². The number of aromatic nitrogens is 1. The van der Waals surface area contributed by atoms with Crippen molar-refractivity contribution in [1.82, 2.24) is 3.97 Å². The number of hydrogen-bond acceptors (Lipinski definition) is 2. The molecule has 0 saturated carbocycles.